The molecule has 3 nitrogen and oxygen atoms in total. The van der Waals surface area contributed by atoms with Crippen LogP contribution >= 0.6 is 0 Å². The summed E-state index contributed by atoms with van der Waals surface area (Å²) >= 11 is 0. The molecule has 2 rings (SSSR count). The molecule has 0 saturated carbocycles. The summed E-state index contributed by atoms with van der Waals surface area (Å²) in [7, 11) is 0. The Balaban J connectivity index is 2.15. The summed E-state index contributed by atoms with van der Waals surface area (Å²) in [6.07, 6.45) is 2.90. The lowest BCUT2D eigenvalue weighted by atomic mass is 9.91. The average molecular weight is 269 g/mol. The highest BCUT2D eigenvalue weighted by molar-refractivity contribution is 5.69. The molecule has 3 heteroatoms. The topological polar surface area (TPSA) is 39.2 Å². The van der Waals surface area contributed by atoms with Crippen molar-refractivity contribution in [3.63, 3.8) is 0 Å². The zero-order valence-corrected chi connectivity index (χ0v) is 11.7. The smallest absolute Gasteiger partial charge is 0.305 e. The van der Waals surface area contributed by atoms with E-state index in [1.165, 1.54) is 5.56 Å². The molecule has 0 saturated heterocycles. The Morgan fingerprint density at radius 2 is 1.90 bits per heavy atom. The van der Waals surface area contributed by atoms with Gasteiger partial charge in [0.2, 0.25) is 0 Å². The van der Waals surface area contributed by atoms with Gasteiger partial charge in [-0.25, -0.2) is 0 Å². The summed E-state index contributed by atoms with van der Waals surface area (Å²) in [5.41, 5.74) is 2.17. The maximum absolute atomic E-state index is 11.6. The summed E-state index contributed by atoms with van der Waals surface area (Å²) in [6, 6.07) is 16.0. The maximum atomic E-state index is 11.6. The number of aromatic nitrogens is 1. The zero-order chi connectivity index (χ0) is 14.2. The first-order valence-electron chi connectivity index (χ1n) is 6.92. The van der Waals surface area contributed by atoms with Crippen LogP contribution in [0.1, 0.15) is 36.9 Å². The zero-order valence-electron chi connectivity index (χ0n) is 11.7. The molecular weight excluding hydrogens is 250 g/mol. The van der Waals surface area contributed by atoms with Gasteiger partial charge in [0, 0.05) is 24.2 Å². The van der Waals surface area contributed by atoms with Gasteiger partial charge in [0.1, 0.15) is 0 Å². The van der Waals surface area contributed by atoms with Crippen LogP contribution in [0.4, 0.5) is 0 Å². The second kappa shape index (κ2) is 7.43. The van der Waals surface area contributed by atoms with Gasteiger partial charge in [0.15, 0.2) is 0 Å². The number of esters is 1. The van der Waals surface area contributed by atoms with Crippen LogP contribution < -0.4 is 0 Å². The first kappa shape index (κ1) is 14.3. The van der Waals surface area contributed by atoms with Gasteiger partial charge < -0.3 is 4.74 Å². The monoisotopic (exact) mass is 269 g/mol. The Labute approximate surface area is 119 Å². The van der Waals surface area contributed by atoms with Crippen LogP contribution in [0.25, 0.3) is 0 Å². The fourth-order valence-corrected chi connectivity index (χ4v) is 2.25. The van der Waals surface area contributed by atoms with E-state index < -0.39 is 0 Å². The molecule has 0 N–H and O–H groups in total. The van der Waals surface area contributed by atoms with Gasteiger partial charge in [-0.3, -0.25) is 9.78 Å². The molecule has 0 aliphatic heterocycles. The van der Waals surface area contributed by atoms with Crippen molar-refractivity contribution in [2.24, 2.45) is 0 Å². The van der Waals surface area contributed by atoms with E-state index in [1.54, 1.807) is 6.20 Å². The van der Waals surface area contributed by atoms with Crippen molar-refractivity contribution in [1.29, 1.82) is 0 Å². The molecule has 0 fully saturated rings. The van der Waals surface area contributed by atoms with E-state index in [1.807, 2.05) is 43.3 Å². The first-order valence-corrected chi connectivity index (χ1v) is 6.92. The Morgan fingerprint density at radius 3 is 2.55 bits per heavy atom. The van der Waals surface area contributed by atoms with Crippen LogP contribution in [0.3, 0.4) is 0 Å². The maximum Gasteiger partial charge on any atom is 0.305 e. The fraction of sp³-hybridized carbons (Fsp3) is 0.294. The van der Waals surface area contributed by atoms with Gasteiger partial charge >= 0.3 is 5.97 Å². The summed E-state index contributed by atoms with van der Waals surface area (Å²) in [5, 5.41) is 0. The SMILES string of the molecule is CCOC(=O)CC[C@@H](c1ccccc1)c1ccccn1. The van der Waals surface area contributed by atoms with Gasteiger partial charge in [0.05, 0.1) is 6.61 Å². The highest BCUT2D eigenvalue weighted by atomic mass is 16.5. The minimum Gasteiger partial charge on any atom is -0.466 e. The highest BCUT2D eigenvalue weighted by Crippen LogP contribution is 2.27. The largest absolute Gasteiger partial charge is 0.466 e. The van der Waals surface area contributed by atoms with Crippen LogP contribution in [0, 0.1) is 0 Å². The summed E-state index contributed by atoms with van der Waals surface area (Å²) < 4.78 is 5.00. The number of hydrogen-bond acceptors (Lipinski definition) is 3. The quantitative estimate of drug-likeness (QED) is 0.753. The Hall–Kier alpha value is -2.16. The fourth-order valence-electron chi connectivity index (χ4n) is 2.25. The van der Waals surface area contributed by atoms with Crippen molar-refractivity contribution in [1.82, 2.24) is 4.98 Å². The lowest BCUT2D eigenvalue weighted by molar-refractivity contribution is -0.143. The van der Waals surface area contributed by atoms with E-state index in [0.717, 1.165) is 5.69 Å². The third kappa shape index (κ3) is 3.92. The molecule has 0 bridgehead atoms. The normalized spacial score (nSPS) is 11.8. The third-order valence-corrected chi connectivity index (χ3v) is 3.19. The van der Waals surface area contributed by atoms with Crippen LogP contribution in [-0.2, 0) is 9.53 Å². The lowest BCUT2D eigenvalue weighted by Gasteiger charge is -2.16. The Bertz CT molecular complexity index is 486. The van der Waals surface area contributed by atoms with Crippen molar-refractivity contribution in [2.75, 3.05) is 6.61 Å². The lowest BCUT2D eigenvalue weighted by Crippen LogP contribution is -2.09. The molecule has 0 radical (unpaired) electrons. The number of carbonyl (C=O) groups is 1. The van der Waals surface area contributed by atoms with Gasteiger partial charge in [-0.15, -0.1) is 0 Å². The first-order chi connectivity index (χ1) is 9.81. The summed E-state index contributed by atoms with van der Waals surface area (Å²) in [5.74, 6) is -0.0221. The molecule has 0 unspecified atom stereocenters. The average Bonchev–Trinajstić information content (AvgIpc) is 2.50. The van der Waals surface area contributed by atoms with E-state index in [2.05, 4.69) is 17.1 Å². The van der Waals surface area contributed by atoms with Gasteiger partial charge in [-0.2, -0.15) is 0 Å². The standard InChI is InChI=1S/C17H19NO2/c1-2-20-17(19)12-11-15(14-8-4-3-5-9-14)16-10-6-7-13-18-16/h3-10,13,15H,2,11-12H2,1H3/t15-/m0/s1. The molecule has 0 spiro atoms. The van der Waals surface area contributed by atoms with Crippen molar-refractivity contribution < 1.29 is 9.53 Å². The molecule has 2 aromatic rings. The van der Waals surface area contributed by atoms with Crippen LogP contribution in [-0.4, -0.2) is 17.6 Å². The van der Waals surface area contributed by atoms with E-state index in [-0.39, 0.29) is 11.9 Å². The predicted molar refractivity (Wildman–Crippen MR) is 78.4 cm³/mol. The number of ether oxygens (including phenoxy) is 1. The van der Waals surface area contributed by atoms with Crippen LogP contribution in [0.2, 0.25) is 0 Å². The Kier molecular flexibility index (Phi) is 5.30. The van der Waals surface area contributed by atoms with Crippen molar-refractivity contribution >= 4 is 5.97 Å². The Morgan fingerprint density at radius 1 is 1.15 bits per heavy atom. The van der Waals surface area contributed by atoms with Gasteiger partial charge in [-0.05, 0) is 31.0 Å². The number of benzene rings is 1. The van der Waals surface area contributed by atoms with Gasteiger partial charge in [0.25, 0.3) is 0 Å². The number of nitrogens with zero attached hydrogens (tertiary/aromatic N) is 1. The molecule has 20 heavy (non-hydrogen) atoms. The molecule has 1 heterocycles. The molecule has 0 aliphatic carbocycles. The molecule has 1 aromatic carbocycles. The van der Waals surface area contributed by atoms with Crippen molar-refractivity contribution in [3.05, 3.63) is 66.0 Å². The minimum absolute atomic E-state index is 0.127. The van der Waals surface area contributed by atoms with E-state index in [0.29, 0.717) is 19.4 Å². The van der Waals surface area contributed by atoms with E-state index in [9.17, 15) is 4.79 Å². The molecule has 0 amide bonds. The van der Waals surface area contributed by atoms with Crippen LogP contribution in [0.15, 0.2) is 54.7 Å². The molecule has 0 aliphatic rings. The molecule has 1 aromatic heterocycles. The molecular formula is C17H19NO2. The van der Waals surface area contributed by atoms with Gasteiger partial charge in [-0.1, -0.05) is 36.4 Å². The van der Waals surface area contributed by atoms with Crippen molar-refractivity contribution in [3.8, 4) is 0 Å². The number of carbonyl (C=O) groups excluding carboxylic acids is 1. The number of pyridine rings is 1. The summed E-state index contributed by atoms with van der Waals surface area (Å²) in [6.45, 7) is 2.25. The number of hydrogen-bond donors (Lipinski definition) is 0. The number of rotatable bonds is 6. The third-order valence-electron chi connectivity index (χ3n) is 3.19. The second-order valence-electron chi connectivity index (χ2n) is 4.56. The summed E-state index contributed by atoms with van der Waals surface area (Å²) in [4.78, 5) is 16.0. The predicted octanol–water partition coefficient (Wildman–Crippen LogP) is 3.56. The highest BCUT2D eigenvalue weighted by Gasteiger charge is 2.17. The van der Waals surface area contributed by atoms with Crippen LogP contribution in [0.5, 0.6) is 0 Å². The second-order valence-corrected chi connectivity index (χ2v) is 4.56. The van der Waals surface area contributed by atoms with E-state index in [4.69, 9.17) is 4.74 Å². The van der Waals surface area contributed by atoms with Crippen molar-refractivity contribution in [2.45, 2.75) is 25.7 Å². The molecule has 104 valence electrons. The van der Waals surface area contributed by atoms with E-state index >= 15 is 0 Å². The molecule has 1 atom stereocenters. The minimum atomic E-state index is -0.149.